The van der Waals surface area contributed by atoms with Gasteiger partial charge in [0.2, 0.25) is 5.91 Å². The first-order valence-electron chi connectivity index (χ1n) is 10.8. The average Bonchev–Trinajstić information content (AvgIpc) is 3.61. The molecular weight excluding hydrogens is 452 g/mol. The molecule has 0 atom stereocenters. The van der Waals surface area contributed by atoms with Crippen molar-refractivity contribution in [3.63, 3.8) is 0 Å². The van der Waals surface area contributed by atoms with E-state index < -0.39 is 17.8 Å². The highest BCUT2D eigenvalue weighted by Crippen LogP contribution is 2.25. The van der Waals surface area contributed by atoms with Crippen LogP contribution in [0.1, 0.15) is 17.1 Å². The SMILES string of the molecule is O=C(Cn1cc(/C=C2\C(=O)NC(=O)N(Cc3ccco3)C2=O)c2ccccc21)NCc1ccco1. The number of aromatic nitrogens is 1. The molecule has 1 aliphatic rings. The maximum absolute atomic E-state index is 13.0. The molecule has 1 fully saturated rings. The van der Waals surface area contributed by atoms with Gasteiger partial charge in [0.15, 0.2) is 0 Å². The number of hydrogen-bond donors (Lipinski definition) is 2. The van der Waals surface area contributed by atoms with Crippen LogP contribution in [-0.4, -0.2) is 33.2 Å². The van der Waals surface area contributed by atoms with E-state index >= 15 is 0 Å². The first-order valence-corrected chi connectivity index (χ1v) is 10.8. The van der Waals surface area contributed by atoms with Gasteiger partial charge in [-0.05, 0) is 36.4 Å². The monoisotopic (exact) mass is 472 g/mol. The van der Waals surface area contributed by atoms with Crippen LogP contribution >= 0.6 is 0 Å². The lowest BCUT2D eigenvalue weighted by molar-refractivity contribution is -0.130. The Bertz CT molecular complexity index is 1450. The van der Waals surface area contributed by atoms with Crippen LogP contribution in [0.15, 0.2) is 81.7 Å². The molecule has 5 amide bonds. The van der Waals surface area contributed by atoms with Gasteiger partial charge in [0.25, 0.3) is 11.8 Å². The fraction of sp³-hybridized carbons (Fsp3) is 0.120. The Kier molecular flexibility index (Phi) is 5.76. The molecule has 2 N–H and O–H groups in total. The van der Waals surface area contributed by atoms with E-state index in [1.807, 2.05) is 24.3 Å². The van der Waals surface area contributed by atoms with Crippen molar-refractivity contribution >= 4 is 40.7 Å². The predicted octanol–water partition coefficient (Wildman–Crippen LogP) is 2.81. The number of amides is 5. The third kappa shape index (κ3) is 4.49. The lowest BCUT2D eigenvalue weighted by Crippen LogP contribution is -2.53. The van der Waals surface area contributed by atoms with Gasteiger partial charge in [-0.1, -0.05) is 18.2 Å². The summed E-state index contributed by atoms with van der Waals surface area (Å²) in [6, 6.07) is 13.3. The molecule has 5 rings (SSSR count). The third-order valence-electron chi connectivity index (χ3n) is 5.55. The Hall–Kier alpha value is -4.86. The molecule has 1 aliphatic heterocycles. The minimum Gasteiger partial charge on any atom is -0.467 e. The van der Waals surface area contributed by atoms with Crippen molar-refractivity contribution in [2.24, 2.45) is 0 Å². The van der Waals surface area contributed by atoms with Crippen LogP contribution in [0.25, 0.3) is 17.0 Å². The molecule has 4 aromatic rings. The molecule has 1 aromatic carbocycles. The zero-order valence-corrected chi connectivity index (χ0v) is 18.4. The van der Waals surface area contributed by atoms with Gasteiger partial charge in [-0.25, -0.2) is 4.79 Å². The topological polar surface area (TPSA) is 127 Å². The van der Waals surface area contributed by atoms with Crippen LogP contribution in [0.4, 0.5) is 4.79 Å². The predicted molar refractivity (Wildman–Crippen MR) is 123 cm³/mol. The Morgan fingerprint density at radius 1 is 0.971 bits per heavy atom. The lowest BCUT2D eigenvalue weighted by atomic mass is 10.1. The minimum absolute atomic E-state index is 0.0215. The number of carbonyl (C=O) groups excluding carboxylic acids is 4. The van der Waals surface area contributed by atoms with Crippen molar-refractivity contribution in [2.75, 3.05) is 0 Å². The van der Waals surface area contributed by atoms with Gasteiger partial charge in [-0.15, -0.1) is 0 Å². The molecule has 3 aromatic heterocycles. The summed E-state index contributed by atoms with van der Waals surface area (Å²) >= 11 is 0. The Morgan fingerprint density at radius 3 is 2.46 bits per heavy atom. The maximum Gasteiger partial charge on any atom is 0.331 e. The number of urea groups is 1. The molecule has 0 bridgehead atoms. The fourth-order valence-corrected chi connectivity index (χ4v) is 3.88. The van der Waals surface area contributed by atoms with Gasteiger partial charge in [0, 0.05) is 22.7 Å². The van der Waals surface area contributed by atoms with Gasteiger partial charge in [-0.3, -0.25) is 24.6 Å². The first-order chi connectivity index (χ1) is 17.0. The summed E-state index contributed by atoms with van der Waals surface area (Å²) in [6.45, 7) is 0.170. The van der Waals surface area contributed by atoms with Gasteiger partial charge in [0.05, 0.1) is 25.6 Å². The van der Waals surface area contributed by atoms with Gasteiger partial charge < -0.3 is 18.7 Å². The Labute approximate surface area is 198 Å². The van der Waals surface area contributed by atoms with Crippen LogP contribution in [0, 0.1) is 0 Å². The minimum atomic E-state index is -0.816. The summed E-state index contributed by atoms with van der Waals surface area (Å²) in [6.07, 6.45) is 6.09. The molecule has 0 saturated carbocycles. The first kappa shape index (κ1) is 22.0. The second-order valence-corrected chi connectivity index (χ2v) is 7.87. The standard InChI is InChI=1S/C25H20N4O6/c30-22(26-12-17-5-3-9-34-17)15-28-13-16(19-7-1-2-8-21(19)28)11-20-23(31)27-25(33)29(24(20)32)14-18-6-4-10-35-18/h1-11,13H,12,14-15H2,(H,26,30)(H,27,31,33)/b20-11+. The number of nitrogens with zero attached hydrogens (tertiary/aromatic N) is 2. The van der Waals surface area contributed by atoms with Crippen LogP contribution in [0.2, 0.25) is 0 Å². The molecule has 0 unspecified atom stereocenters. The summed E-state index contributed by atoms with van der Waals surface area (Å²) in [5.74, 6) is -0.717. The number of nitrogens with one attached hydrogen (secondary N) is 2. The number of imide groups is 2. The number of rotatable bonds is 7. The summed E-state index contributed by atoms with van der Waals surface area (Å²) in [4.78, 5) is 51.3. The number of carbonyl (C=O) groups is 4. The van der Waals surface area contributed by atoms with Crippen molar-refractivity contribution in [2.45, 2.75) is 19.6 Å². The molecule has 1 saturated heterocycles. The zero-order valence-electron chi connectivity index (χ0n) is 18.4. The van der Waals surface area contributed by atoms with Gasteiger partial charge in [-0.2, -0.15) is 0 Å². The quantitative estimate of drug-likeness (QED) is 0.315. The van der Waals surface area contributed by atoms with E-state index in [-0.39, 0.29) is 31.1 Å². The van der Waals surface area contributed by atoms with Crippen molar-refractivity contribution in [1.82, 2.24) is 20.1 Å². The average molecular weight is 472 g/mol. The normalized spacial score (nSPS) is 15.1. The number of para-hydroxylation sites is 1. The largest absolute Gasteiger partial charge is 0.467 e. The number of furan rings is 2. The molecule has 0 spiro atoms. The summed E-state index contributed by atoms with van der Waals surface area (Å²) < 4.78 is 12.2. The van der Waals surface area contributed by atoms with Crippen LogP contribution in [0.3, 0.4) is 0 Å². The van der Waals surface area contributed by atoms with Gasteiger partial charge in [0.1, 0.15) is 23.6 Å². The summed E-state index contributed by atoms with van der Waals surface area (Å²) in [7, 11) is 0. The van der Waals surface area contributed by atoms with Crippen molar-refractivity contribution in [1.29, 1.82) is 0 Å². The molecular formula is C25H20N4O6. The smallest absolute Gasteiger partial charge is 0.331 e. The molecule has 35 heavy (non-hydrogen) atoms. The number of benzene rings is 1. The second-order valence-electron chi connectivity index (χ2n) is 7.87. The highest BCUT2D eigenvalue weighted by molar-refractivity contribution is 6.31. The van der Waals surface area contributed by atoms with Crippen molar-refractivity contribution in [3.05, 3.63) is 89.9 Å². The van der Waals surface area contributed by atoms with E-state index in [1.54, 1.807) is 35.0 Å². The molecule has 0 aliphatic carbocycles. The third-order valence-corrected chi connectivity index (χ3v) is 5.55. The van der Waals surface area contributed by atoms with Crippen LogP contribution in [-0.2, 0) is 34.0 Å². The molecule has 10 heteroatoms. The molecule has 4 heterocycles. The van der Waals surface area contributed by atoms with Gasteiger partial charge >= 0.3 is 6.03 Å². The summed E-state index contributed by atoms with van der Waals surface area (Å²) in [5.41, 5.74) is 1.12. The number of hydrogen-bond acceptors (Lipinski definition) is 6. The summed E-state index contributed by atoms with van der Waals surface area (Å²) in [5, 5.41) is 5.74. The molecule has 10 nitrogen and oxygen atoms in total. The van der Waals surface area contributed by atoms with Crippen LogP contribution in [0.5, 0.6) is 0 Å². The zero-order chi connectivity index (χ0) is 24.4. The highest BCUT2D eigenvalue weighted by Gasteiger charge is 2.36. The van der Waals surface area contributed by atoms with E-state index in [4.69, 9.17) is 8.83 Å². The number of fused-ring (bicyclic) bond motifs is 1. The van der Waals surface area contributed by atoms with E-state index in [9.17, 15) is 19.2 Å². The Morgan fingerprint density at radius 2 is 1.71 bits per heavy atom. The Balaban J connectivity index is 1.42. The highest BCUT2D eigenvalue weighted by atomic mass is 16.3. The maximum atomic E-state index is 13.0. The van der Waals surface area contributed by atoms with Crippen molar-refractivity contribution in [3.8, 4) is 0 Å². The van der Waals surface area contributed by atoms with E-state index in [0.29, 0.717) is 17.1 Å². The second kappa shape index (κ2) is 9.18. The van der Waals surface area contributed by atoms with Crippen molar-refractivity contribution < 1.29 is 28.0 Å². The fourth-order valence-electron chi connectivity index (χ4n) is 3.88. The van der Waals surface area contributed by atoms with E-state index in [1.165, 1.54) is 18.6 Å². The van der Waals surface area contributed by atoms with Crippen LogP contribution < -0.4 is 10.6 Å². The molecule has 176 valence electrons. The lowest BCUT2D eigenvalue weighted by Gasteiger charge is -2.25. The van der Waals surface area contributed by atoms with E-state index in [0.717, 1.165) is 15.8 Å². The van der Waals surface area contributed by atoms with E-state index in [2.05, 4.69) is 10.6 Å². The molecule has 0 radical (unpaired) electrons. The number of barbiturate groups is 1.